The second-order valence-electron chi connectivity index (χ2n) is 4.44. The average Bonchev–Trinajstić information content (AvgIpc) is 2.93. The third-order valence-electron chi connectivity index (χ3n) is 3.17. The van der Waals surface area contributed by atoms with E-state index in [2.05, 4.69) is 10.6 Å². The molecule has 18 heavy (non-hydrogen) atoms. The van der Waals surface area contributed by atoms with Gasteiger partial charge >= 0.3 is 0 Å². The van der Waals surface area contributed by atoms with Crippen LogP contribution in [0.15, 0.2) is 17.0 Å². The molecular formula is C9H16N6O3. The van der Waals surface area contributed by atoms with E-state index in [0.29, 0.717) is 11.5 Å². The normalized spacial score (nSPS) is 31.2. The Hall–Kier alpha value is -1.55. The summed E-state index contributed by atoms with van der Waals surface area (Å²) in [5, 5.41) is 26.7. The van der Waals surface area contributed by atoms with Crippen LogP contribution in [0.5, 0.6) is 0 Å². The summed E-state index contributed by atoms with van der Waals surface area (Å²) in [6, 6.07) is 0. The molecule has 0 spiro atoms. The van der Waals surface area contributed by atoms with Gasteiger partial charge in [0.2, 0.25) is 0 Å². The van der Waals surface area contributed by atoms with Gasteiger partial charge in [-0.1, -0.05) is 0 Å². The monoisotopic (exact) mass is 256 g/mol. The van der Waals surface area contributed by atoms with Gasteiger partial charge in [0.15, 0.2) is 12.1 Å². The van der Waals surface area contributed by atoms with Crippen LogP contribution in [0.3, 0.4) is 0 Å². The Bertz CT molecular complexity index is 400. The zero-order valence-electron chi connectivity index (χ0n) is 9.73. The van der Waals surface area contributed by atoms with E-state index in [-0.39, 0.29) is 25.6 Å². The first-order chi connectivity index (χ1) is 8.69. The molecule has 3 aliphatic heterocycles. The molecule has 0 aliphatic carbocycles. The lowest BCUT2D eigenvalue weighted by molar-refractivity contribution is -0.0859. The lowest BCUT2D eigenvalue weighted by Gasteiger charge is -2.32. The van der Waals surface area contributed by atoms with Crippen molar-refractivity contribution >= 4 is 5.84 Å². The summed E-state index contributed by atoms with van der Waals surface area (Å²) in [4.78, 5) is 0. The van der Waals surface area contributed by atoms with E-state index in [4.69, 9.17) is 15.7 Å². The van der Waals surface area contributed by atoms with Gasteiger partial charge in [-0.25, -0.2) is 21.4 Å². The maximum absolute atomic E-state index is 9.53. The van der Waals surface area contributed by atoms with Gasteiger partial charge in [0.25, 0.3) is 0 Å². The summed E-state index contributed by atoms with van der Waals surface area (Å²) in [5.74, 6) is 6.29. The van der Waals surface area contributed by atoms with Crippen LogP contribution in [-0.2, 0) is 4.74 Å². The van der Waals surface area contributed by atoms with Crippen LogP contribution in [-0.4, -0.2) is 56.8 Å². The Kier molecular flexibility index (Phi) is 2.74. The number of aliphatic hydroxyl groups is 1. The number of aliphatic hydroxyl groups excluding tert-OH is 1. The van der Waals surface area contributed by atoms with Gasteiger partial charge in [-0.2, -0.15) is 0 Å². The zero-order valence-corrected chi connectivity index (χ0v) is 9.73. The molecule has 0 aromatic carbocycles. The molecule has 9 heteroatoms. The Labute approximate surface area is 104 Å². The number of hydrogen-bond acceptors (Lipinski definition) is 9. The molecule has 0 radical (unpaired) electrons. The van der Waals surface area contributed by atoms with E-state index < -0.39 is 0 Å². The Morgan fingerprint density at radius 3 is 3.11 bits per heavy atom. The van der Waals surface area contributed by atoms with Crippen molar-refractivity contribution in [1.29, 1.82) is 0 Å². The van der Waals surface area contributed by atoms with Gasteiger partial charge in [-0.3, -0.25) is 10.2 Å². The molecule has 0 amide bonds. The fourth-order valence-corrected chi connectivity index (χ4v) is 2.29. The minimum absolute atomic E-state index is 0.00619. The molecule has 0 saturated carbocycles. The molecule has 2 atom stereocenters. The lowest BCUT2D eigenvalue weighted by Crippen LogP contribution is -2.50. The Morgan fingerprint density at radius 1 is 1.56 bits per heavy atom. The maximum atomic E-state index is 9.53. The van der Waals surface area contributed by atoms with Crippen molar-refractivity contribution in [2.75, 3.05) is 13.3 Å². The van der Waals surface area contributed by atoms with Crippen molar-refractivity contribution in [1.82, 2.24) is 20.6 Å². The molecule has 1 saturated heterocycles. The van der Waals surface area contributed by atoms with Crippen LogP contribution in [0.1, 0.15) is 12.8 Å². The zero-order chi connectivity index (χ0) is 12.7. The highest BCUT2D eigenvalue weighted by Gasteiger charge is 2.38. The topological polar surface area (TPSA) is 110 Å². The number of nitrogens with one attached hydrogen (secondary N) is 1. The number of rotatable bonds is 2. The highest BCUT2D eigenvalue weighted by Crippen LogP contribution is 2.28. The predicted molar refractivity (Wildman–Crippen MR) is 60.0 cm³/mol. The lowest BCUT2D eigenvalue weighted by atomic mass is 10.2. The molecule has 9 nitrogen and oxygen atoms in total. The number of hydroxylamine groups is 2. The van der Waals surface area contributed by atoms with E-state index >= 15 is 0 Å². The molecule has 0 bridgehead atoms. The van der Waals surface area contributed by atoms with E-state index in [1.807, 2.05) is 0 Å². The number of nitrogens with two attached hydrogens (primary N) is 1. The van der Waals surface area contributed by atoms with Crippen LogP contribution in [0, 0.1) is 0 Å². The first-order valence-electron chi connectivity index (χ1n) is 5.78. The number of hydrazine groups is 2. The smallest absolute Gasteiger partial charge is 0.193 e. The average molecular weight is 256 g/mol. The maximum Gasteiger partial charge on any atom is 0.193 e. The molecule has 3 heterocycles. The van der Waals surface area contributed by atoms with Crippen molar-refractivity contribution in [2.45, 2.75) is 25.2 Å². The Morgan fingerprint density at radius 2 is 2.39 bits per heavy atom. The van der Waals surface area contributed by atoms with Crippen molar-refractivity contribution in [3.63, 3.8) is 0 Å². The van der Waals surface area contributed by atoms with E-state index in [1.54, 1.807) is 5.01 Å². The van der Waals surface area contributed by atoms with Crippen LogP contribution in [0.25, 0.3) is 0 Å². The van der Waals surface area contributed by atoms with E-state index in [1.165, 1.54) is 11.2 Å². The fourth-order valence-electron chi connectivity index (χ4n) is 2.29. The molecule has 0 aromatic rings. The summed E-state index contributed by atoms with van der Waals surface area (Å²) in [5.41, 5.74) is 3.47. The second kappa shape index (κ2) is 4.28. The first-order valence-corrected chi connectivity index (χ1v) is 5.78. The number of hydrazone groups is 1. The van der Waals surface area contributed by atoms with Crippen molar-refractivity contribution < 1.29 is 15.1 Å². The van der Waals surface area contributed by atoms with E-state index in [9.17, 15) is 5.21 Å². The van der Waals surface area contributed by atoms with E-state index in [0.717, 1.165) is 17.9 Å². The standard InChI is InChI=1S/C9H16N6O3/c10-14-5-13(17)3-7-9(14)11-12-15(7)8-2-1-6(4-16)18-8/h3,6,8,12,16-17H,1-2,4-5,10H2/t6-,8-/m0/s1. The van der Waals surface area contributed by atoms with Crippen molar-refractivity contribution in [3.8, 4) is 0 Å². The number of nitrogens with zero attached hydrogens (tertiary/aromatic N) is 4. The molecule has 3 aliphatic rings. The van der Waals surface area contributed by atoms with Crippen LogP contribution in [0.4, 0.5) is 0 Å². The summed E-state index contributed by atoms with van der Waals surface area (Å²) < 4.78 is 5.65. The molecular weight excluding hydrogens is 240 g/mol. The molecule has 1 fully saturated rings. The van der Waals surface area contributed by atoms with Gasteiger partial charge in [0, 0.05) is 0 Å². The minimum atomic E-state index is -0.227. The third kappa shape index (κ3) is 1.77. The SMILES string of the molecule is NN1CN(O)C=C2C1=NNN2[C@@H]1CC[C@@H](CO)O1. The number of ether oxygens (including phenoxy) is 1. The Balaban J connectivity index is 1.77. The van der Waals surface area contributed by atoms with Gasteiger partial charge in [0.1, 0.15) is 12.4 Å². The predicted octanol–water partition coefficient (Wildman–Crippen LogP) is -1.70. The largest absolute Gasteiger partial charge is 0.394 e. The first kappa shape index (κ1) is 11.5. The van der Waals surface area contributed by atoms with Crippen LogP contribution >= 0.6 is 0 Å². The second-order valence-corrected chi connectivity index (χ2v) is 4.44. The summed E-state index contributed by atoms with van der Waals surface area (Å²) >= 11 is 0. The quantitative estimate of drug-likeness (QED) is 0.433. The summed E-state index contributed by atoms with van der Waals surface area (Å²) in [6.45, 7) is 0.162. The van der Waals surface area contributed by atoms with Gasteiger partial charge in [-0.05, 0) is 12.8 Å². The minimum Gasteiger partial charge on any atom is -0.394 e. The van der Waals surface area contributed by atoms with Crippen molar-refractivity contribution in [3.05, 3.63) is 11.9 Å². The van der Waals surface area contributed by atoms with Crippen molar-refractivity contribution in [2.24, 2.45) is 10.9 Å². The third-order valence-corrected chi connectivity index (χ3v) is 3.17. The molecule has 100 valence electrons. The number of amidine groups is 1. The molecule has 3 rings (SSSR count). The molecule has 0 aromatic heterocycles. The van der Waals surface area contributed by atoms with Crippen LogP contribution in [0.2, 0.25) is 0 Å². The summed E-state index contributed by atoms with van der Waals surface area (Å²) in [6.07, 6.45) is 2.72. The molecule has 0 unspecified atom stereocenters. The summed E-state index contributed by atoms with van der Waals surface area (Å²) in [7, 11) is 0. The highest BCUT2D eigenvalue weighted by molar-refractivity contribution is 5.98. The molecule has 5 N–H and O–H groups in total. The van der Waals surface area contributed by atoms with Crippen LogP contribution < -0.4 is 11.4 Å². The number of hydrogen-bond donors (Lipinski definition) is 4. The van der Waals surface area contributed by atoms with Gasteiger partial charge in [0.05, 0.1) is 18.9 Å². The fraction of sp³-hybridized carbons (Fsp3) is 0.667. The van der Waals surface area contributed by atoms with Gasteiger partial charge in [-0.15, -0.1) is 5.10 Å². The number of fused-ring (bicyclic) bond motifs is 1. The highest BCUT2D eigenvalue weighted by atomic mass is 16.5. The van der Waals surface area contributed by atoms with Gasteiger partial charge < -0.3 is 9.84 Å².